The lowest BCUT2D eigenvalue weighted by Crippen LogP contribution is -2.51. The van der Waals surface area contributed by atoms with Crippen molar-refractivity contribution in [1.29, 1.82) is 0 Å². The van der Waals surface area contributed by atoms with Crippen molar-refractivity contribution in [1.82, 2.24) is 10.6 Å². The van der Waals surface area contributed by atoms with Crippen LogP contribution in [0.2, 0.25) is 0 Å². The summed E-state index contributed by atoms with van der Waals surface area (Å²) in [7, 11) is -3.56. The summed E-state index contributed by atoms with van der Waals surface area (Å²) in [5.41, 5.74) is 2.88. The number of aliphatic hydroxyl groups excluding tert-OH is 1. The maximum atomic E-state index is 12.4. The minimum Gasteiger partial charge on any atom is -0.491 e. The Kier molecular flexibility index (Phi) is 12.3. The first-order chi connectivity index (χ1) is 21.2. The molecule has 3 aromatic carbocycles. The van der Waals surface area contributed by atoms with Gasteiger partial charge in [0, 0.05) is 37.0 Å². The molecule has 11 heteroatoms. The first-order valence-electron chi connectivity index (χ1n) is 15.2. The van der Waals surface area contributed by atoms with Crippen LogP contribution in [0.3, 0.4) is 0 Å². The van der Waals surface area contributed by atoms with Crippen LogP contribution in [0.4, 0.5) is 11.4 Å². The summed E-state index contributed by atoms with van der Waals surface area (Å²) in [6, 6.07) is 22.1. The van der Waals surface area contributed by atoms with Crippen molar-refractivity contribution in [3.05, 3.63) is 83.9 Å². The van der Waals surface area contributed by atoms with E-state index < -0.39 is 16.1 Å². The van der Waals surface area contributed by atoms with Crippen LogP contribution in [0.25, 0.3) is 0 Å². The molecule has 4 N–H and O–H groups in total. The maximum Gasteiger partial charge on any atom is 0.251 e. The van der Waals surface area contributed by atoms with Crippen molar-refractivity contribution in [2.45, 2.75) is 57.9 Å². The average molecular weight is 625 g/mol. The quantitative estimate of drug-likeness (QED) is 0.171. The monoisotopic (exact) mass is 624 g/mol. The van der Waals surface area contributed by atoms with Gasteiger partial charge in [0.05, 0.1) is 18.1 Å². The third-order valence-electron chi connectivity index (χ3n) is 7.29. The molecule has 44 heavy (non-hydrogen) atoms. The molecule has 1 fully saturated rings. The summed E-state index contributed by atoms with van der Waals surface area (Å²) in [5.74, 6) is 0.715. The molecule has 0 saturated carbocycles. The van der Waals surface area contributed by atoms with E-state index in [1.165, 1.54) is 0 Å². The molecule has 1 aliphatic heterocycles. The molecule has 10 nitrogen and oxygen atoms in total. The van der Waals surface area contributed by atoms with Crippen LogP contribution in [0.1, 0.15) is 54.9 Å². The number of benzene rings is 3. The number of piperidine rings is 1. The highest BCUT2D eigenvalue weighted by Crippen LogP contribution is 2.31. The van der Waals surface area contributed by atoms with Gasteiger partial charge in [0.25, 0.3) is 5.91 Å². The lowest BCUT2D eigenvalue weighted by atomic mass is 10.1. The Hall–Kier alpha value is -3.80. The number of nitrogens with zero attached hydrogens (tertiary/aromatic N) is 1. The third kappa shape index (κ3) is 10.4. The Balaban J connectivity index is 1.31. The van der Waals surface area contributed by atoms with Crippen molar-refractivity contribution in [3.63, 3.8) is 0 Å². The molecule has 1 heterocycles. The largest absolute Gasteiger partial charge is 0.491 e. The third-order valence-corrected chi connectivity index (χ3v) is 7.89. The normalized spacial score (nSPS) is 15.8. The number of aliphatic hydroxyl groups is 1. The number of carbonyl (C=O) groups is 1. The molecule has 1 saturated heterocycles. The summed E-state index contributed by atoms with van der Waals surface area (Å²) < 4.78 is 38.2. The number of amides is 1. The number of unbranched alkanes of at least 4 members (excludes halogenated alkanes) is 1. The summed E-state index contributed by atoms with van der Waals surface area (Å²) in [6.45, 7) is 4.25. The summed E-state index contributed by atoms with van der Waals surface area (Å²) in [6.07, 6.45) is 5.38. The molecule has 4 rings (SSSR count). The molecule has 0 spiro atoms. The van der Waals surface area contributed by atoms with E-state index in [9.17, 15) is 18.3 Å². The average Bonchev–Trinajstić information content (AvgIpc) is 3.02. The second-order valence-electron chi connectivity index (χ2n) is 11.0. The molecule has 1 amide bonds. The molecule has 3 aromatic rings. The molecule has 0 bridgehead atoms. The van der Waals surface area contributed by atoms with Gasteiger partial charge in [-0.05, 0) is 67.6 Å². The van der Waals surface area contributed by atoms with Gasteiger partial charge < -0.3 is 24.8 Å². The van der Waals surface area contributed by atoms with Gasteiger partial charge in [0.2, 0.25) is 10.0 Å². The fraction of sp³-hybridized carbons (Fsp3) is 0.424. The number of ether oxygens (including phenoxy) is 2. The van der Waals surface area contributed by atoms with Crippen LogP contribution in [-0.2, 0) is 16.6 Å². The van der Waals surface area contributed by atoms with Crippen LogP contribution in [0, 0.1) is 0 Å². The van der Waals surface area contributed by atoms with E-state index in [-0.39, 0.29) is 31.0 Å². The smallest absolute Gasteiger partial charge is 0.251 e. The van der Waals surface area contributed by atoms with E-state index in [0.717, 1.165) is 56.2 Å². The minimum absolute atomic E-state index is 0.0180. The van der Waals surface area contributed by atoms with E-state index in [0.29, 0.717) is 30.2 Å². The van der Waals surface area contributed by atoms with Gasteiger partial charge in [-0.2, -0.15) is 0 Å². The molecule has 238 valence electrons. The predicted octanol–water partition coefficient (Wildman–Crippen LogP) is 4.51. The Morgan fingerprint density at radius 2 is 1.82 bits per heavy atom. The zero-order valence-electron chi connectivity index (χ0n) is 25.5. The molecular formula is C33H44N4O6S. The van der Waals surface area contributed by atoms with Crippen molar-refractivity contribution in [3.8, 4) is 11.5 Å². The number of sulfonamides is 1. The molecule has 1 aliphatic rings. The lowest BCUT2D eigenvalue weighted by molar-refractivity contribution is 0.0953. The van der Waals surface area contributed by atoms with Gasteiger partial charge in [-0.3, -0.25) is 14.8 Å². The van der Waals surface area contributed by atoms with Crippen molar-refractivity contribution < 1.29 is 27.8 Å². The molecule has 0 radical (unpaired) electrons. The second-order valence-corrected chi connectivity index (χ2v) is 12.8. The van der Waals surface area contributed by atoms with E-state index in [4.69, 9.17) is 9.47 Å². The van der Waals surface area contributed by atoms with Crippen LogP contribution in [0.5, 0.6) is 11.5 Å². The highest BCUT2D eigenvalue weighted by molar-refractivity contribution is 7.92. The molecule has 1 unspecified atom stereocenters. The Bertz CT molecular complexity index is 1440. The van der Waals surface area contributed by atoms with Crippen LogP contribution < -0.4 is 29.7 Å². The van der Waals surface area contributed by atoms with Crippen molar-refractivity contribution >= 4 is 27.3 Å². The number of anilines is 2. The van der Waals surface area contributed by atoms with E-state index in [1.807, 2.05) is 54.6 Å². The zero-order valence-corrected chi connectivity index (χ0v) is 26.3. The lowest BCUT2D eigenvalue weighted by Gasteiger charge is -2.38. The van der Waals surface area contributed by atoms with Crippen LogP contribution in [0.15, 0.2) is 72.8 Å². The van der Waals surface area contributed by atoms with E-state index >= 15 is 0 Å². The topological polar surface area (TPSA) is 129 Å². The Morgan fingerprint density at radius 1 is 1.05 bits per heavy atom. The van der Waals surface area contributed by atoms with E-state index in [2.05, 4.69) is 27.2 Å². The SMILES string of the molecule is CCCCNC(=O)c1ccc(N2CCCCC2NC[C@H](O)COc2ccc(OCc3ccccc3)c(NS(C)(=O)=O)c2)cc1. The maximum absolute atomic E-state index is 12.4. The number of rotatable bonds is 16. The van der Waals surface area contributed by atoms with Gasteiger partial charge in [0.15, 0.2) is 0 Å². The number of carbonyl (C=O) groups excluding carboxylic acids is 1. The fourth-order valence-electron chi connectivity index (χ4n) is 5.00. The number of nitrogens with one attached hydrogen (secondary N) is 3. The first kappa shape index (κ1) is 33.1. The standard InChI is InChI=1S/C33H44N4O6S/c1-3-4-19-34-33(39)26-13-15-27(16-14-26)37-20-9-8-12-32(37)35-22-28(38)24-42-29-17-18-31(30(21-29)36-44(2,40)41)43-23-25-10-6-5-7-11-25/h5-7,10-11,13-18,21,28,32,35-36,38H,3-4,8-9,12,19-20,22-24H2,1-2H3,(H,34,39)/t28-,32?/m0/s1. The zero-order chi connectivity index (χ0) is 31.4. The van der Waals surface area contributed by atoms with Crippen LogP contribution >= 0.6 is 0 Å². The molecule has 2 atom stereocenters. The number of hydrogen-bond acceptors (Lipinski definition) is 8. The second kappa shape index (κ2) is 16.3. The predicted molar refractivity (Wildman–Crippen MR) is 174 cm³/mol. The van der Waals surface area contributed by atoms with Gasteiger partial charge in [-0.15, -0.1) is 0 Å². The van der Waals surface area contributed by atoms with Crippen molar-refractivity contribution in [2.75, 3.05) is 42.1 Å². The van der Waals surface area contributed by atoms with Gasteiger partial charge in [0.1, 0.15) is 30.8 Å². The van der Waals surface area contributed by atoms with Gasteiger partial charge >= 0.3 is 0 Å². The highest BCUT2D eigenvalue weighted by atomic mass is 32.2. The molecular weight excluding hydrogens is 580 g/mol. The van der Waals surface area contributed by atoms with E-state index in [1.54, 1.807) is 18.2 Å². The first-order valence-corrected chi connectivity index (χ1v) is 17.1. The Morgan fingerprint density at radius 3 is 2.55 bits per heavy atom. The van der Waals surface area contributed by atoms with Crippen molar-refractivity contribution in [2.24, 2.45) is 0 Å². The van der Waals surface area contributed by atoms with Crippen LogP contribution in [-0.4, -0.2) is 64.2 Å². The fourth-order valence-corrected chi connectivity index (χ4v) is 5.56. The van der Waals surface area contributed by atoms with Gasteiger partial charge in [-0.1, -0.05) is 43.7 Å². The molecule has 0 aliphatic carbocycles. The summed E-state index contributed by atoms with van der Waals surface area (Å²) in [5, 5.41) is 17.1. The van der Waals surface area contributed by atoms with Gasteiger partial charge in [-0.25, -0.2) is 8.42 Å². The number of hydrogen-bond donors (Lipinski definition) is 4. The highest BCUT2D eigenvalue weighted by Gasteiger charge is 2.23. The summed E-state index contributed by atoms with van der Waals surface area (Å²) >= 11 is 0. The minimum atomic E-state index is -3.56. The summed E-state index contributed by atoms with van der Waals surface area (Å²) in [4.78, 5) is 14.7. The Labute approximate surface area is 260 Å². The molecule has 0 aromatic heterocycles.